The van der Waals surface area contributed by atoms with Gasteiger partial charge < -0.3 is 20.4 Å². The number of aryl methyl sites for hydroxylation is 1. The lowest BCUT2D eigenvalue weighted by Crippen LogP contribution is -2.21. The zero-order valence-electron chi connectivity index (χ0n) is 6.69. The highest BCUT2D eigenvalue weighted by Gasteiger charge is 2.12. The summed E-state index contributed by atoms with van der Waals surface area (Å²) in [5.41, 5.74) is 6.86. The molecule has 0 radical (unpaired) electrons. The zero-order chi connectivity index (χ0) is 9.14. The highest BCUT2D eigenvalue weighted by molar-refractivity contribution is 6.33. The van der Waals surface area contributed by atoms with Crippen LogP contribution in [0.3, 0.4) is 0 Å². The maximum absolute atomic E-state index is 8.50. The van der Waals surface area contributed by atoms with Crippen LogP contribution in [0, 0.1) is 6.92 Å². The van der Waals surface area contributed by atoms with Gasteiger partial charge in [0.25, 0.3) is 0 Å². The molecule has 0 atom stereocenters. The van der Waals surface area contributed by atoms with Crippen molar-refractivity contribution in [3.63, 3.8) is 0 Å². The quantitative estimate of drug-likeness (QED) is 0.425. The minimum Gasteiger partial charge on any atom is -0.512 e. The van der Waals surface area contributed by atoms with E-state index >= 15 is 0 Å². The van der Waals surface area contributed by atoms with E-state index < -0.39 is 7.32 Å². The molecule has 12 heavy (non-hydrogen) atoms. The van der Waals surface area contributed by atoms with Crippen LogP contribution in [0.4, 0.5) is 5.69 Å². The van der Waals surface area contributed by atoms with Gasteiger partial charge in [-0.05, 0) is 30.7 Å². The van der Waals surface area contributed by atoms with E-state index in [9.17, 15) is 0 Å². The molecule has 5 heteroatoms. The standard InChI is InChI=1S/C7H10BNO3/c1-5-4-6(9)2-3-7(5)12-8(10)11/h2-4,10-11H,9H2,1H3. The predicted octanol–water partition coefficient (Wildman–Crippen LogP) is -0.0745. The lowest BCUT2D eigenvalue weighted by Gasteiger charge is -2.07. The molecule has 0 aromatic heterocycles. The zero-order valence-corrected chi connectivity index (χ0v) is 6.69. The van der Waals surface area contributed by atoms with Crippen molar-refractivity contribution in [3.8, 4) is 5.75 Å². The number of rotatable bonds is 2. The average molecular weight is 167 g/mol. The Morgan fingerprint density at radius 3 is 2.58 bits per heavy atom. The molecule has 4 N–H and O–H groups in total. The van der Waals surface area contributed by atoms with E-state index in [1.165, 1.54) is 0 Å². The van der Waals surface area contributed by atoms with E-state index in [2.05, 4.69) is 4.65 Å². The minimum absolute atomic E-state index is 0.416. The summed E-state index contributed by atoms with van der Waals surface area (Å²) in [6, 6.07) is 4.91. The third kappa shape index (κ3) is 2.15. The number of nitrogens with two attached hydrogens (primary N) is 1. The van der Waals surface area contributed by atoms with Crippen LogP contribution in [0.2, 0.25) is 0 Å². The van der Waals surface area contributed by atoms with Crippen LogP contribution in [0.15, 0.2) is 18.2 Å². The number of anilines is 1. The van der Waals surface area contributed by atoms with Crippen molar-refractivity contribution in [1.82, 2.24) is 0 Å². The molecule has 0 saturated carbocycles. The smallest absolute Gasteiger partial charge is 0.512 e. The van der Waals surface area contributed by atoms with Crippen LogP contribution in [0.5, 0.6) is 5.75 Å². The number of hydrogen-bond donors (Lipinski definition) is 3. The van der Waals surface area contributed by atoms with Crippen molar-refractivity contribution in [1.29, 1.82) is 0 Å². The first kappa shape index (κ1) is 8.90. The highest BCUT2D eigenvalue weighted by Crippen LogP contribution is 2.19. The summed E-state index contributed by atoms with van der Waals surface area (Å²) >= 11 is 0. The Hall–Kier alpha value is -1.20. The molecule has 0 fully saturated rings. The summed E-state index contributed by atoms with van der Waals surface area (Å²) in [7, 11) is -1.78. The Morgan fingerprint density at radius 2 is 2.08 bits per heavy atom. The molecule has 0 unspecified atom stereocenters. The first-order valence-corrected chi connectivity index (χ1v) is 3.48. The lowest BCUT2D eigenvalue weighted by molar-refractivity contribution is 0.287. The molecule has 0 aliphatic rings. The third-order valence-electron chi connectivity index (χ3n) is 1.43. The summed E-state index contributed by atoms with van der Waals surface area (Å²) < 4.78 is 4.66. The van der Waals surface area contributed by atoms with Gasteiger partial charge in [-0.3, -0.25) is 0 Å². The summed E-state index contributed by atoms with van der Waals surface area (Å²) in [4.78, 5) is 0. The van der Waals surface area contributed by atoms with Gasteiger partial charge in [-0.1, -0.05) is 0 Å². The molecular weight excluding hydrogens is 157 g/mol. The Labute approximate surface area is 70.8 Å². The maximum atomic E-state index is 8.50. The third-order valence-corrected chi connectivity index (χ3v) is 1.43. The lowest BCUT2D eigenvalue weighted by atomic mass is 10.1. The molecule has 0 saturated heterocycles. The Morgan fingerprint density at radius 1 is 1.42 bits per heavy atom. The first-order chi connectivity index (χ1) is 5.59. The van der Waals surface area contributed by atoms with Crippen molar-refractivity contribution < 1.29 is 14.7 Å². The van der Waals surface area contributed by atoms with Crippen LogP contribution in [-0.4, -0.2) is 17.4 Å². The van der Waals surface area contributed by atoms with Crippen LogP contribution in [-0.2, 0) is 0 Å². The van der Waals surface area contributed by atoms with E-state index in [1.807, 2.05) is 0 Å². The fourth-order valence-corrected chi connectivity index (χ4v) is 0.918. The summed E-state index contributed by atoms with van der Waals surface area (Å²) in [5.74, 6) is 0.416. The van der Waals surface area contributed by atoms with Crippen molar-refractivity contribution in [2.24, 2.45) is 0 Å². The second kappa shape index (κ2) is 3.47. The molecule has 64 valence electrons. The molecule has 0 aliphatic heterocycles. The fraction of sp³-hybridized carbons (Fsp3) is 0.143. The largest absolute Gasteiger partial charge is 0.707 e. The van der Waals surface area contributed by atoms with Gasteiger partial charge in [-0.2, -0.15) is 0 Å². The number of hydrogen-bond acceptors (Lipinski definition) is 4. The van der Waals surface area contributed by atoms with Crippen molar-refractivity contribution >= 4 is 13.0 Å². The Bertz CT molecular complexity index is 277. The van der Waals surface area contributed by atoms with Crippen LogP contribution >= 0.6 is 0 Å². The monoisotopic (exact) mass is 167 g/mol. The predicted molar refractivity (Wildman–Crippen MR) is 46.4 cm³/mol. The van der Waals surface area contributed by atoms with Gasteiger partial charge in [0, 0.05) is 5.69 Å². The van der Waals surface area contributed by atoms with Gasteiger partial charge in [0.2, 0.25) is 0 Å². The Balaban J connectivity index is 2.86. The van der Waals surface area contributed by atoms with Gasteiger partial charge in [0.15, 0.2) is 0 Å². The maximum Gasteiger partial charge on any atom is 0.707 e. The molecule has 0 heterocycles. The van der Waals surface area contributed by atoms with Crippen molar-refractivity contribution in [3.05, 3.63) is 23.8 Å². The molecular formula is C7H10BNO3. The molecule has 4 nitrogen and oxygen atoms in total. The van der Waals surface area contributed by atoms with Gasteiger partial charge in [0.1, 0.15) is 5.75 Å². The van der Waals surface area contributed by atoms with E-state index in [4.69, 9.17) is 15.8 Å². The van der Waals surface area contributed by atoms with Gasteiger partial charge in [-0.15, -0.1) is 0 Å². The van der Waals surface area contributed by atoms with Gasteiger partial charge in [-0.25, -0.2) is 0 Å². The summed E-state index contributed by atoms with van der Waals surface area (Å²) in [5, 5.41) is 17.0. The minimum atomic E-state index is -1.78. The average Bonchev–Trinajstić information content (AvgIpc) is 1.94. The molecule has 0 aliphatic carbocycles. The van der Waals surface area contributed by atoms with Crippen molar-refractivity contribution in [2.45, 2.75) is 6.92 Å². The summed E-state index contributed by atoms with van der Waals surface area (Å²) in [6.45, 7) is 1.77. The van der Waals surface area contributed by atoms with Crippen LogP contribution in [0.25, 0.3) is 0 Å². The van der Waals surface area contributed by atoms with E-state index in [0.717, 1.165) is 5.56 Å². The second-order valence-electron chi connectivity index (χ2n) is 2.47. The normalized spacial score (nSPS) is 9.58. The van der Waals surface area contributed by atoms with Crippen LogP contribution < -0.4 is 10.4 Å². The number of nitrogen functional groups attached to an aromatic ring is 1. The SMILES string of the molecule is Cc1cc(N)ccc1OB(O)O. The molecule has 0 bridgehead atoms. The number of benzene rings is 1. The van der Waals surface area contributed by atoms with E-state index in [0.29, 0.717) is 11.4 Å². The second-order valence-corrected chi connectivity index (χ2v) is 2.47. The molecule has 1 aromatic carbocycles. The first-order valence-electron chi connectivity index (χ1n) is 3.48. The van der Waals surface area contributed by atoms with E-state index in [-0.39, 0.29) is 0 Å². The van der Waals surface area contributed by atoms with Crippen molar-refractivity contribution in [2.75, 3.05) is 5.73 Å². The molecule has 1 aromatic rings. The molecule has 0 amide bonds. The van der Waals surface area contributed by atoms with Gasteiger partial charge in [0.05, 0.1) is 0 Å². The highest BCUT2D eigenvalue weighted by atomic mass is 16.6. The van der Waals surface area contributed by atoms with Gasteiger partial charge >= 0.3 is 7.32 Å². The van der Waals surface area contributed by atoms with Crippen LogP contribution in [0.1, 0.15) is 5.56 Å². The molecule has 0 spiro atoms. The summed E-state index contributed by atoms with van der Waals surface area (Å²) in [6.07, 6.45) is 0. The fourth-order valence-electron chi connectivity index (χ4n) is 0.918. The topological polar surface area (TPSA) is 75.7 Å². The molecule has 1 rings (SSSR count). The Kier molecular flexibility index (Phi) is 2.57. The van der Waals surface area contributed by atoms with E-state index in [1.54, 1.807) is 25.1 Å².